The summed E-state index contributed by atoms with van der Waals surface area (Å²) in [6.07, 6.45) is 4.39. The standard InChI is InChI=1S/C26H37N2O2P/c1-19(2)26(29)31(30)27(20(3)22-13-7-5-8-14-22)24-17-11-12-18-25(24)28(31)21(4)23-15-9-6-10-16-23/h5-10,13-16,19-21,24-26,29H,11-12,17-18H2,1-4H3/t20-,21-,24-,25-,26-/m0/s1. The Morgan fingerprint density at radius 3 is 1.52 bits per heavy atom. The third-order valence-electron chi connectivity index (χ3n) is 7.33. The van der Waals surface area contributed by atoms with Crippen LogP contribution in [0.5, 0.6) is 0 Å². The van der Waals surface area contributed by atoms with Crippen molar-refractivity contribution in [1.29, 1.82) is 0 Å². The highest BCUT2D eigenvalue weighted by atomic mass is 31.2. The van der Waals surface area contributed by atoms with Gasteiger partial charge in [0.1, 0.15) is 7.79 Å². The first-order valence-electron chi connectivity index (χ1n) is 11.8. The minimum Gasteiger partial charge on any atom is -0.649 e. The van der Waals surface area contributed by atoms with Crippen LogP contribution in [0.4, 0.5) is 0 Å². The molecule has 0 amide bonds. The molecular formula is C26H37N2O2P. The van der Waals surface area contributed by atoms with Crippen LogP contribution in [-0.4, -0.2) is 32.4 Å². The Morgan fingerprint density at radius 2 is 1.16 bits per heavy atom. The van der Waals surface area contributed by atoms with Crippen LogP contribution in [0.25, 0.3) is 0 Å². The zero-order chi connectivity index (χ0) is 22.2. The molecule has 0 spiro atoms. The molecule has 4 nitrogen and oxygen atoms in total. The quantitative estimate of drug-likeness (QED) is 0.600. The Hall–Kier alpha value is -1.29. The highest BCUT2D eigenvalue weighted by Crippen LogP contribution is 2.74. The number of benzene rings is 2. The van der Waals surface area contributed by atoms with Crippen molar-refractivity contribution in [2.75, 3.05) is 0 Å². The summed E-state index contributed by atoms with van der Waals surface area (Å²) in [5.74, 6) is -0.961. The minimum absolute atomic E-state index is 0.0148. The monoisotopic (exact) mass is 440 g/mol. The number of nitrogens with zero attached hydrogens (tertiary/aromatic N) is 2. The molecule has 168 valence electrons. The van der Waals surface area contributed by atoms with E-state index in [2.05, 4.69) is 71.7 Å². The fourth-order valence-corrected chi connectivity index (χ4v) is 9.96. The molecule has 1 N–H and O–H groups in total. The molecule has 2 aromatic carbocycles. The molecule has 0 radical (unpaired) electrons. The molecule has 2 aromatic rings. The molecule has 2 fully saturated rings. The molecule has 1 saturated carbocycles. The van der Waals surface area contributed by atoms with Crippen molar-refractivity contribution in [3.05, 3.63) is 71.8 Å². The smallest absolute Gasteiger partial charge is 0.194 e. The molecule has 0 bridgehead atoms. The van der Waals surface area contributed by atoms with E-state index in [0.29, 0.717) is 0 Å². The van der Waals surface area contributed by atoms with Crippen molar-refractivity contribution in [3.63, 3.8) is 0 Å². The molecule has 0 unspecified atom stereocenters. The lowest BCUT2D eigenvalue weighted by Crippen LogP contribution is -2.45. The first-order chi connectivity index (χ1) is 14.9. The van der Waals surface area contributed by atoms with Gasteiger partial charge in [-0.3, -0.25) is 0 Å². The van der Waals surface area contributed by atoms with Crippen LogP contribution < -0.4 is 4.89 Å². The molecule has 1 saturated heterocycles. The van der Waals surface area contributed by atoms with Crippen LogP contribution in [0.15, 0.2) is 60.7 Å². The van der Waals surface area contributed by atoms with E-state index in [1.54, 1.807) is 0 Å². The van der Waals surface area contributed by atoms with E-state index >= 15 is 4.89 Å². The molecular weight excluding hydrogens is 403 g/mol. The lowest BCUT2D eigenvalue weighted by atomic mass is 9.88. The second-order valence-corrected chi connectivity index (χ2v) is 12.2. The summed E-state index contributed by atoms with van der Waals surface area (Å²) in [4.78, 5) is 15.2. The molecule has 5 atom stereocenters. The lowest BCUT2D eigenvalue weighted by molar-refractivity contribution is -0.205. The van der Waals surface area contributed by atoms with Crippen LogP contribution >= 0.6 is 7.79 Å². The van der Waals surface area contributed by atoms with Gasteiger partial charge in [-0.25, -0.2) is 0 Å². The summed E-state index contributed by atoms with van der Waals surface area (Å²) < 4.78 is 4.49. The maximum absolute atomic E-state index is 15.2. The van der Waals surface area contributed by atoms with Gasteiger partial charge in [0.2, 0.25) is 0 Å². The van der Waals surface area contributed by atoms with Crippen molar-refractivity contribution in [3.8, 4) is 0 Å². The van der Waals surface area contributed by atoms with Crippen molar-refractivity contribution < 1.29 is 10.00 Å². The van der Waals surface area contributed by atoms with Gasteiger partial charge in [-0.05, 0) is 37.8 Å². The summed E-state index contributed by atoms with van der Waals surface area (Å²) in [5.41, 5.74) is 2.33. The van der Waals surface area contributed by atoms with Gasteiger partial charge in [-0.15, -0.1) is 0 Å². The summed E-state index contributed by atoms with van der Waals surface area (Å²) in [6.45, 7) is 8.31. The average Bonchev–Trinajstić information content (AvgIpc) is 3.07. The number of hydrogen-bond donors (Lipinski definition) is 1. The first-order valence-corrected chi connectivity index (χ1v) is 13.5. The summed E-state index contributed by atoms with van der Waals surface area (Å²) >= 11 is 0. The Labute approximate surface area is 188 Å². The average molecular weight is 441 g/mol. The fourth-order valence-electron chi connectivity index (χ4n) is 5.75. The third-order valence-corrected chi connectivity index (χ3v) is 11.2. The SMILES string of the molecule is CC(C)[C@@H](O)[P+]1([O-])N([C@@H](C)c2ccccc2)[C@H]2CCCC[C@@H]2N1[C@@H](C)c1ccccc1. The van der Waals surface area contributed by atoms with Crippen LogP contribution in [0, 0.1) is 5.92 Å². The van der Waals surface area contributed by atoms with E-state index in [9.17, 15) is 5.11 Å². The first kappa shape index (κ1) is 22.9. The van der Waals surface area contributed by atoms with Crippen molar-refractivity contribution in [1.82, 2.24) is 9.34 Å². The van der Waals surface area contributed by atoms with Gasteiger partial charge in [-0.1, -0.05) is 87.4 Å². The van der Waals surface area contributed by atoms with Gasteiger partial charge in [0.15, 0.2) is 5.85 Å². The number of fused-ring (bicyclic) bond motifs is 1. The van der Waals surface area contributed by atoms with E-state index < -0.39 is 13.6 Å². The number of aliphatic hydroxyl groups is 1. The zero-order valence-corrected chi connectivity index (χ0v) is 20.2. The Kier molecular flexibility index (Phi) is 6.86. The number of hydrogen-bond acceptors (Lipinski definition) is 4. The highest BCUT2D eigenvalue weighted by molar-refractivity contribution is 7.65. The highest BCUT2D eigenvalue weighted by Gasteiger charge is 2.65. The molecule has 1 heterocycles. The summed E-state index contributed by atoms with van der Waals surface area (Å²) in [5, 5.41) is 11.5. The van der Waals surface area contributed by atoms with Crippen molar-refractivity contribution in [2.45, 2.75) is 83.4 Å². The van der Waals surface area contributed by atoms with Crippen molar-refractivity contribution in [2.24, 2.45) is 5.92 Å². The summed E-state index contributed by atoms with van der Waals surface area (Å²) in [7, 11) is -3.26. The normalized spacial score (nSPS) is 27.1. The maximum atomic E-state index is 15.2. The largest absolute Gasteiger partial charge is 0.649 e. The Morgan fingerprint density at radius 1 is 0.774 bits per heavy atom. The Balaban J connectivity index is 1.84. The predicted octanol–water partition coefficient (Wildman–Crippen LogP) is 5.53. The van der Waals surface area contributed by atoms with Gasteiger partial charge in [0, 0.05) is 5.92 Å². The van der Waals surface area contributed by atoms with Gasteiger partial charge < -0.3 is 10.00 Å². The zero-order valence-electron chi connectivity index (χ0n) is 19.3. The molecule has 1 aliphatic heterocycles. The predicted molar refractivity (Wildman–Crippen MR) is 127 cm³/mol. The van der Waals surface area contributed by atoms with E-state index in [4.69, 9.17) is 0 Å². The summed E-state index contributed by atoms with van der Waals surface area (Å²) in [6, 6.07) is 21.1. The van der Waals surface area contributed by atoms with E-state index in [-0.39, 0.29) is 30.1 Å². The van der Waals surface area contributed by atoms with Gasteiger partial charge in [0.25, 0.3) is 0 Å². The molecule has 1 aliphatic carbocycles. The van der Waals surface area contributed by atoms with Gasteiger partial charge >= 0.3 is 0 Å². The topological polar surface area (TPSA) is 49.8 Å². The molecule has 2 aliphatic rings. The Bertz CT molecular complexity index is 786. The van der Waals surface area contributed by atoms with E-state index in [0.717, 1.165) is 36.8 Å². The fraction of sp³-hybridized carbons (Fsp3) is 0.538. The van der Waals surface area contributed by atoms with Gasteiger partial charge in [-0.2, -0.15) is 9.34 Å². The molecule has 4 rings (SSSR count). The van der Waals surface area contributed by atoms with Crippen molar-refractivity contribution >= 4 is 7.79 Å². The van der Waals surface area contributed by atoms with E-state index in [1.807, 2.05) is 26.0 Å². The van der Waals surface area contributed by atoms with Crippen LogP contribution in [0.2, 0.25) is 0 Å². The van der Waals surface area contributed by atoms with Crippen LogP contribution in [0.1, 0.15) is 76.6 Å². The molecule has 5 heteroatoms. The second kappa shape index (κ2) is 9.29. The van der Waals surface area contributed by atoms with Crippen LogP contribution in [0.3, 0.4) is 0 Å². The number of rotatable bonds is 6. The second-order valence-electron chi connectivity index (χ2n) is 9.60. The lowest BCUT2D eigenvalue weighted by Gasteiger charge is -2.48. The van der Waals surface area contributed by atoms with Gasteiger partial charge in [0.05, 0.1) is 24.2 Å². The van der Waals surface area contributed by atoms with Crippen LogP contribution in [-0.2, 0) is 0 Å². The molecule has 0 aromatic heterocycles. The molecule has 31 heavy (non-hydrogen) atoms. The van der Waals surface area contributed by atoms with E-state index in [1.165, 1.54) is 0 Å². The number of aliphatic hydroxyl groups excluding tert-OH is 1. The maximum Gasteiger partial charge on any atom is 0.194 e. The third kappa shape index (κ3) is 3.98. The minimum atomic E-state index is -3.26.